The maximum Gasteiger partial charge on any atom is 0.0717 e. The number of alkyl halides is 1. The van der Waals surface area contributed by atoms with Gasteiger partial charge in [0, 0.05) is 5.88 Å². The van der Waals surface area contributed by atoms with E-state index in [1.54, 1.807) is 0 Å². The first kappa shape index (κ1) is 8.35. The van der Waals surface area contributed by atoms with Crippen LogP contribution in [0.5, 0.6) is 0 Å². The lowest BCUT2D eigenvalue weighted by Gasteiger charge is -2.15. The highest BCUT2D eigenvalue weighted by Gasteiger charge is 2.54. The van der Waals surface area contributed by atoms with Gasteiger partial charge < -0.3 is 5.11 Å². The highest BCUT2D eigenvalue weighted by Crippen LogP contribution is 2.50. The molecule has 1 aliphatic carbocycles. The fourth-order valence-electron chi connectivity index (χ4n) is 1.57. The Morgan fingerprint density at radius 3 is 2.70 bits per heavy atom. The molecule has 1 fully saturated rings. The van der Waals surface area contributed by atoms with Crippen LogP contribution in [0.3, 0.4) is 0 Å². The minimum atomic E-state index is -0.406. The van der Waals surface area contributed by atoms with E-state index in [0.717, 1.165) is 12.8 Å². The van der Waals surface area contributed by atoms with Gasteiger partial charge in [-0.25, -0.2) is 0 Å². The summed E-state index contributed by atoms with van der Waals surface area (Å²) >= 11 is 5.64. The van der Waals surface area contributed by atoms with Crippen molar-refractivity contribution < 1.29 is 5.11 Å². The van der Waals surface area contributed by atoms with Crippen LogP contribution in [0.25, 0.3) is 0 Å². The number of aliphatic hydroxyl groups is 1. The average molecular weight is 163 g/mol. The Bertz CT molecular complexity index is 126. The summed E-state index contributed by atoms with van der Waals surface area (Å²) in [5.41, 5.74) is -0.406. The summed E-state index contributed by atoms with van der Waals surface area (Å²) < 4.78 is 0. The molecule has 0 unspecified atom stereocenters. The normalized spacial score (nSPS) is 41.4. The van der Waals surface area contributed by atoms with E-state index < -0.39 is 5.60 Å². The molecular formula is C8H15ClO. The zero-order valence-electron chi connectivity index (χ0n) is 6.60. The zero-order valence-corrected chi connectivity index (χ0v) is 7.36. The van der Waals surface area contributed by atoms with Gasteiger partial charge in [0.15, 0.2) is 0 Å². The van der Waals surface area contributed by atoms with Gasteiger partial charge in [0.2, 0.25) is 0 Å². The Morgan fingerprint density at radius 2 is 2.40 bits per heavy atom. The summed E-state index contributed by atoms with van der Waals surface area (Å²) in [6.45, 7) is 4.13. The van der Waals surface area contributed by atoms with Crippen LogP contribution in [0.15, 0.2) is 0 Å². The molecule has 60 valence electrons. The van der Waals surface area contributed by atoms with E-state index in [4.69, 9.17) is 11.6 Å². The van der Waals surface area contributed by atoms with Gasteiger partial charge in [-0.1, -0.05) is 20.3 Å². The first-order chi connectivity index (χ1) is 4.65. The molecule has 1 aliphatic rings. The molecule has 1 saturated carbocycles. The lowest BCUT2D eigenvalue weighted by Crippen LogP contribution is -2.23. The Morgan fingerprint density at radius 1 is 1.80 bits per heavy atom. The van der Waals surface area contributed by atoms with Crippen LogP contribution < -0.4 is 0 Å². The van der Waals surface area contributed by atoms with Gasteiger partial charge in [-0.05, 0) is 18.3 Å². The third-order valence-electron chi connectivity index (χ3n) is 2.70. The fraction of sp³-hybridized carbons (Fsp3) is 1.00. The molecule has 0 radical (unpaired) electrons. The molecule has 3 atom stereocenters. The molecule has 0 aromatic heterocycles. The van der Waals surface area contributed by atoms with Crippen LogP contribution in [0, 0.1) is 11.8 Å². The molecular weight excluding hydrogens is 148 g/mol. The lowest BCUT2D eigenvalue weighted by molar-refractivity contribution is 0.0825. The summed E-state index contributed by atoms with van der Waals surface area (Å²) in [7, 11) is 0. The first-order valence-electron chi connectivity index (χ1n) is 3.93. The van der Waals surface area contributed by atoms with Crippen molar-refractivity contribution in [1.29, 1.82) is 0 Å². The summed E-state index contributed by atoms with van der Waals surface area (Å²) in [6.07, 6.45) is 2.04. The van der Waals surface area contributed by atoms with Gasteiger partial charge in [-0.3, -0.25) is 0 Å². The van der Waals surface area contributed by atoms with Crippen molar-refractivity contribution in [1.82, 2.24) is 0 Å². The van der Waals surface area contributed by atoms with Crippen LogP contribution >= 0.6 is 11.6 Å². The van der Waals surface area contributed by atoms with Gasteiger partial charge >= 0.3 is 0 Å². The van der Waals surface area contributed by atoms with Crippen LogP contribution in [0.4, 0.5) is 0 Å². The van der Waals surface area contributed by atoms with Crippen molar-refractivity contribution in [3.8, 4) is 0 Å². The van der Waals surface area contributed by atoms with Crippen molar-refractivity contribution in [2.45, 2.75) is 32.3 Å². The summed E-state index contributed by atoms with van der Waals surface area (Å²) in [6, 6.07) is 0. The molecule has 0 aromatic carbocycles. The molecule has 0 aromatic rings. The van der Waals surface area contributed by atoms with E-state index >= 15 is 0 Å². The largest absolute Gasteiger partial charge is 0.389 e. The Labute approximate surface area is 67.4 Å². The van der Waals surface area contributed by atoms with Crippen molar-refractivity contribution in [2.75, 3.05) is 5.88 Å². The number of hydrogen-bond acceptors (Lipinski definition) is 1. The van der Waals surface area contributed by atoms with Crippen LogP contribution in [0.2, 0.25) is 0 Å². The molecule has 0 saturated heterocycles. The molecule has 1 N–H and O–H groups in total. The van der Waals surface area contributed by atoms with Crippen LogP contribution in [-0.4, -0.2) is 16.6 Å². The number of halogens is 1. The van der Waals surface area contributed by atoms with Gasteiger partial charge in [-0.2, -0.15) is 0 Å². The zero-order chi connectivity index (χ0) is 7.78. The monoisotopic (exact) mass is 162 g/mol. The molecule has 1 rings (SSSR count). The van der Waals surface area contributed by atoms with E-state index in [-0.39, 0.29) is 5.92 Å². The van der Waals surface area contributed by atoms with Gasteiger partial charge in [0.25, 0.3) is 0 Å². The molecule has 0 amide bonds. The summed E-state index contributed by atoms with van der Waals surface area (Å²) in [5, 5.41) is 9.77. The van der Waals surface area contributed by atoms with E-state index in [2.05, 4.69) is 6.92 Å². The van der Waals surface area contributed by atoms with E-state index in [1.807, 2.05) is 6.92 Å². The van der Waals surface area contributed by atoms with Crippen LogP contribution in [0.1, 0.15) is 26.7 Å². The maximum absolute atomic E-state index is 9.77. The van der Waals surface area contributed by atoms with E-state index in [1.165, 1.54) is 0 Å². The van der Waals surface area contributed by atoms with Crippen molar-refractivity contribution in [2.24, 2.45) is 11.8 Å². The van der Waals surface area contributed by atoms with Gasteiger partial charge in [-0.15, -0.1) is 11.6 Å². The molecule has 2 heteroatoms. The highest BCUT2D eigenvalue weighted by molar-refractivity contribution is 6.18. The highest BCUT2D eigenvalue weighted by atomic mass is 35.5. The van der Waals surface area contributed by atoms with Crippen molar-refractivity contribution >= 4 is 11.6 Å². The second kappa shape index (κ2) is 2.71. The van der Waals surface area contributed by atoms with Gasteiger partial charge in [0.1, 0.15) is 0 Å². The maximum atomic E-state index is 9.77. The fourth-order valence-corrected chi connectivity index (χ4v) is 1.84. The second-order valence-electron chi connectivity index (χ2n) is 3.36. The molecule has 0 aliphatic heterocycles. The number of rotatable bonds is 3. The molecule has 0 bridgehead atoms. The van der Waals surface area contributed by atoms with Crippen molar-refractivity contribution in [3.63, 3.8) is 0 Å². The standard InChI is InChI=1S/C8H15ClO/c1-3-7-4-8(7,10)6(2)5-9/h6-7,10H,3-5H2,1-2H3/t6-,7-,8-/m0/s1. The smallest absolute Gasteiger partial charge is 0.0717 e. The minimum Gasteiger partial charge on any atom is -0.389 e. The minimum absolute atomic E-state index is 0.263. The van der Waals surface area contributed by atoms with Crippen molar-refractivity contribution in [3.05, 3.63) is 0 Å². The van der Waals surface area contributed by atoms with E-state index in [0.29, 0.717) is 11.8 Å². The summed E-state index contributed by atoms with van der Waals surface area (Å²) in [4.78, 5) is 0. The predicted octanol–water partition coefficient (Wildman–Crippen LogP) is 2.02. The predicted molar refractivity (Wildman–Crippen MR) is 43.2 cm³/mol. The third kappa shape index (κ3) is 1.17. The topological polar surface area (TPSA) is 20.2 Å². The quantitative estimate of drug-likeness (QED) is 0.630. The average Bonchev–Trinajstić information content (AvgIpc) is 2.61. The second-order valence-corrected chi connectivity index (χ2v) is 3.66. The Kier molecular flexibility index (Phi) is 2.26. The molecule has 0 heterocycles. The summed E-state index contributed by atoms with van der Waals surface area (Å²) in [5.74, 6) is 1.35. The SMILES string of the molecule is CC[C@H]1C[C@]1(O)[C@@H](C)CCl. The van der Waals surface area contributed by atoms with Crippen LogP contribution in [-0.2, 0) is 0 Å². The number of hydrogen-bond donors (Lipinski definition) is 1. The van der Waals surface area contributed by atoms with Gasteiger partial charge in [0.05, 0.1) is 5.60 Å². The molecule has 0 spiro atoms. The lowest BCUT2D eigenvalue weighted by atomic mass is 10.0. The Balaban J connectivity index is 2.42. The molecule has 10 heavy (non-hydrogen) atoms. The Hall–Kier alpha value is 0.250. The first-order valence-corrected chi connectivity index (χ1v) is 4.47. The third-order valence-corrected chi connectivity index (χ3v) is 3.16. The molecule has 1 nitrogen and oxygen atoms in total. The van der Waals surface area contributed by atoms with E-state index in [9.17, 15) is 5.11 Å².